The number of hydrazone groups is 1. The molecule has 0 radical (unpaired) electrons. The van der Waals surface area contributed by atoms with Crippen molar-refractivity contribution in [3.05, 3.63) is 47.5 Å². The first-order valence-corrected chi connectivity index (χ1v) is 7.02. The maximum Gasteiger partial charge on any atom is 0.177 e. The van der Waals surface area contributed by atoms with Crippen molar-refractivity contribution < 1.29 is 0 Å². The molecule has 0 bridgehead atoms. The molecular formula is C13H14ClN3S. The Morgan fingerprint density at radius 2 is 2.22 bits per heavy atom. The summed E-state index contributed by atoms with van der Waals surface area (Å²) in [5.74, 6) is 0.821. The first kappa shape index (κ1) is 13.2. The van der Waals surface area contributed by atoms with Gasteiger partial charge in [-0.05, 0) is 24.1 Å². The summed E-state index contributed by atoms with van der Waals surface area (Å²) in [5.41, 5.74) is 5.08. The van der Waals surface area contributed by atoms with Crippen LogP contribution in [0.25, 0.3) is 0 Å². The minimum absolute atomic E-state index is 0.738. The predicted octanol–water partition coefficient (Wildman–Crippen LogP) is 3.31. The number of hydrogen-bond acceptors (Lipinski definition) is 3. The highest BCUT2D eigenvalue weighted by atomic mass is 35.5. The number of rotatable bonds is 4. The molecule has 0 fully saturated rings. The standard InChI is InChI=1S/C13H14ClN3S/c1-2-3-8-15-13-17-16-12(9-18-13)10-4-6-11(14)7-5-10/h2,4-7H,1,3,8-9H2,(H,15,17). The van der Waals surface area contributed by atoms with Crippen molar-refractivity contribution in [1.29, 1.82) is 0 Å². The van der Waals surface area contributed by atoms with Gasteiger partial charge in [-0.2, -0.15) is 5.10 Å². The third-order valence-corrected chi connectivity index (χ3v) is 3.56. The van der Waals surface area contributed by atoms with Crippen LogP contribution in [0.4, 0.5) is 0 Å². The summed E-state index contributed by atoms with van der Waals surface area (Å²) in [6.45, 7) is 4.42. The fourth-order valence-corrected chi connectivity index (χ4v) is 2.37. The minimum atomic E-state index is 0.738. The predicted molar refractivity (Wildman–Crippen MR) is 80.7 cm³/mol. The van der Waals surface area contributed by atoms with Crippen LogP contribution in [0.2, 0.25) is 5.02 Å². The van der Waals surface area contributed by atoms with Gasteiger partial charge in [0.25, 0.3) is 0 Å². The molecule has 1 aromatic rings. The lowest BCUT2D eigenvalue weighted by Gasteiger charge is -2.14. The zero-order valence-corrected chi connectivity index (χ0v) is 11.5. The fraction of sp³-hybridized carbons (Fsp3) is 0.231. The lowest BCUT2D eigenvalue weighted by Crippen LogP contribution is -2.25. The quantitative estimate of drug-likeness (QED) is 0.678. The summed E-state index contributed by atoms with van der Waals surface area (Å²) in [6, 6.07) is 7.70. The molecule has 1 aromatic carbocycles. The molecule has 94 valence electrons. The summed E-state index contributed by atoms with van der Waals surface area (Å²) in [7, 11) is 0. The van der Waals surface area contributed by atoms with Crippen molar-refractivity contribution >= 4 is 34.2 Å². The zero-order valence-electron chi connectivity index (χ0n) is 9.90. The first-order chi connectivity index (χ1) is 8.79. The van der Waals surface area contributed by atoms with E-state index in [1.165, 1.54) is 0 Å². The Labute approximate surface area is 116 Å². The average Bonchev–Trinajstić information content (AvgIpc) is 2.41. The molecule has 0 aliphatic carbocycles. The summed E-state index contributed by atoms with van der Waals surface area (Å²) in [4.78, 5) is 4.38. The molecule has 0 saturated carbocycles. The van der Waals surface area contributed by atoms with Gasteiger partial charge >= 0.3 is 0 Å². The lowest BCUT2D eigenvalue weighted by molar-refractivity contribution is 0.966. The minimum Gasteiger partial charge on any atom is -0.261 e. The van der Waals surface area contributed by atoms with Crippen LogP contribution in [-0.2, 0) is 0 Å². The molecule has 0 unspecified atom stereocenters. The molecule has 1 N–H and O–H groups in total. The van der Waals surface area contributed by atoms with Crippen LogP contribution in [0.5, 0.6) is 0 Å². The summed E-state index contributed by atoms with van der Waals surface area (Å²) < 4.78 is 0. The second-order valence-electron chi connectivity index (χ2n) is 3.73. The van der Waals surface area contributed by atoms with Gasteiger partial charge in [0, 0.05) is 17.3 Å². The molecule has 1 heterocycles. The third-order valence-electron chi connectivity index (χ3n) is 2.40. The van der Waals surface area contributed by atoms with Gasteiger partial charge in [0.1, 0.15) is 0 Å². The summed E-state index contributed by atoms with van der Waals surface area (Å²) in [5, 5.41) is 5.94. The van der Waals surface area contributed by atoms with Gasteiger partial charge in [-0.15, -0.1) is 6.58 Å². The third kappa shape index (κ3) is 3.62. The van der Waals surface area contributed by atoms with Gasteiger partial charge in [-0.1, -0.05) is 41.6 Å². The van der Waals surface area contributed by atoms with Crippen LogP contribution in [0.15, 0.2) is 47.0 Å². The van der Waals surface area contributed by atoms with Crippen molar-refractivity contribution in [2.75, 3.05) is 12.3 Å². The molecular weight excluding hydrogens is 266 g/mol. The topological polar surface area (TPSA) is 36.8 Å². The van der Waals surface area contributed by atoms with E-state index >= 15 is 0 Å². The Kier molecular flexibility index (Phi) is 4.84. The van der Waals surface area contributed by atoms with Gasteiger partial charge in [0.05, 0.1) is 5.71 Å². The van der Waals surface area contributed by atoms with E-state index < -0.39 is 0 Å². The van der Waals surface area contributed by atoms with Crippen LogP contribution < -0.4 is 5.43 Å². The monoisotopic (exact) mass is 279 g/mol. The van der Waals surface area contributed by atoms with Gasteiger partial charge < -0.3 is 0 Å². The molecule has 0 amide bonds. The fourth-order valence-electron chi connectivity index (χ4n) is 1.45. The summed E-state index contributed by atoms with van der Waals surface area (Å²) >= 11 is 7.52. The largest absolute Gasteiger partial charge is 0.261 e. The highest BCUT2D eigenvalue weighted by Gasteiger charge is 2.12. The molecule has 0 aromatic heterocycles. The molecule has 18 heavy (non-hydrogen) atoms. The number of nitrogens with one attached hydrogen (secondary N) is 1. The molecule has 0 spiro atoms. The van der Waals surface area contributed by atoms with E-state index in [2.05, 4.69) is 22.1 Å². The van der Waals surface area contributed by atoms with Crippen LogP contribution in [0.1, 0.15) is 12.0 Å². The van der Waals surface area contributed by atoms with E-state index in [1.807, 2.05) is 30.3 Å². The Morgan fingerprint density at radius 3 is 2.83 bits per heavy atom. The molecule has 0 saturated heterocycles. The van der Waals surface area contributed by atoms with Gasteiger partial charge in [-0.3, -0.25) is 10.4 Å². The number of benzene rings is 1. The molecule has 1 aliphatic rings. The van der Waals surface area contributed by atoms with Crippen molar-refractivity contribution in [1.82, 2.24) is 5.43 Å². The van der Waals surface area contributed by atoms with Crippen molar-refractivity contribution in [3.63, 3.8) is 0 Å². The van der Waals surface area contributed by atoms with Crippen LogP contribution in [-0.4, -0.2) is 23.2 Å². The van der Waals surface area contributed by atoms with Crippen LogP contribution in [0, 0.1) is 0 Å². The van der Waals surface area contributed by atoms with Crippen LogP contribution in [0.3, 0.4) is 0 Å². The number of thioether (sulfide) groups is 1. The van der Waals surface area contributed by atoms with E-state index in [-0.39, 0.29) is 0 Å². The molecule has 2 rings (SSSR count). The smallest absolute Gasteiger partial charge is 0.177 e. The highest BCUT2D eigenvalue weighted by molar-refractivity contribution is 8.14. The number of amidine groups is 1. The first-order valence-electron chi connectivity index (χ1n) is 5.66. The Morgan fingerprint density at radius 1 is 1.44 bits per heavy atom. The van der Waals surface area contributed by atoms with E-state index in [0.29, 0.717) is 0 Å². The maximum atomic E-state index is 5.86. The van der Waals surface area contributed by atoms with Crippen LogP contribution >= 0.6 is 23.4 Å². The molecule has 3 nitrogen and oxygen atoms in total. The maximum absolute atomic E-state index is 5.86. The highest BCUT2D eigenvalue weighted by Crippen LogP contribution is 2.16. The SMILES string of the molecule is C=CCCN=C1NN=C(c2ccc(Cl)cc2)CS1. The van der Waals surface area contributed by atoms with Gasteiger partial charge in [-0.25, -0.2) is 0 Å². The van der Waals surface area contributed by atoms with E-state index in [0.717, 1.165) is 40.2 Å². The van der Waals surface area contributed by atoms with Crippen molar-refractivity contribution in [3.8, 4) is 0 Å². The van der Waals surface area contributed by atoms with E-state index in [4.69, 9.17) is 11.6 Å². The number of aliphatic imine (C=N–C) groups is 1. The van der Waals surface area contributed by atoms with Gasteiger partial charge in [0.2, 0.25) is 0 Å². The lowest BCUT2D eigenvalue weighted by atomic mass is 10.1. The second kappa shape index (κ2) is 6.61. The zero-order chi connectivity index (χ0) is 12.8. The van der Waals surface area contributed by atoms with Gasteiger partial charge in [0.15, 0.2) is 5.17 Å². The van der Waals surface area contributed by atoms with Crippen molar-refractivity contribution in [2.45, 2.75) is 6.42 Å². The average molecular weight is 280 g/mol. The normalized spacial score (nSPS) is 17.2. The van der Waals surface area contributed by atoms with Crippen molar-refractivity contribution in [2.24, 2.45) is 10.1 Å². The molecule has 5 heteroatoms. The number of halogens is 1. The molecule has 0 atom stereocenters. The Bertz CT molecular complexity index is 480. The van der Waals surface area contributed by atoms with E-state index in [9.17, 15) is 0 Å². The number of nitrogens with zero attached hydrogens (tertiary/aromatic N) is 2. The Balaban J connectivity index is 2.00. The molecule has 1 aliphatic heterocycles. The number of hydrogen-bond donors (Lipinski definition) is 1. The summed E-state index contributed by atoms with van der Waals surface area (Å²) in [6.07, 6.45) is 2.75. The second-order valence-corrected chi connectivity index (χ2v) is 5.13. The van der Waals surface area contributed by atoms with E-state index in [1.54, 1.807) is 11.8 Å². The Hall–Kier alpha value is -1.26.